The number of piperidine rings is 1. The van der Waals surface area contributed by atoms with E-state index >= 15 is 0 Å². The van der Waals surface area contributed by atoms with Gasteiger partial charge >= 0.3 is 0 Å². The zero-order valence-electron chi connectivity index (χ0n) is 16.4. The first kappa shape index (κ1) is 19.7. The molecule has 0 saturated carbocycles. The van der Waals surface area contributed by atoms with Gasteiger partial charge in [0.05, 0.1) is 23.3 Å². The van der Waals surface area contributed by atoms with Gasteiger partial charge in [0.25, 0.3) is 0 Å². The zero-order chi connectivity index (χ0) is 19.6. The number of nitrogens with zero attached hydrogens (tertiary/aromatic N) is 3. The largest absolute Gasteiger partial charge is 0.481 e. The van der Waals surface area contributed by atoms with Gasteiger partial charge in [-0.2, -0.15) is 9.40 Å². The van der Waals surface area contributed by atoms with E-state index in [4.69, 9.17) is 4.74 Å². The number of hydrogen-bond acceptors (Lipinski definition) is 5. The molecule has 0 unspecified atom stereocenters. The first-order chi connectivity index (χ1) is 12.8. The lowest BCUT2D eigenvalue weighted by molar-refractivity contribution is 0.346. The smallest absolute Gasteiger partial charge is 0.243 e. The molecule has 1 aliphatic rings. The van der Waals surface area contributed by atoms with Gasteiger partial charge in [0.2, 0.25) is 15.9 Å². The number of anilines is 1. The maximum atomic E-state index is 13.1. The molecule has 1 aliphatic heterocycles. The van der Waals surface area contributed by atoms with Crippen molar-refractivity contribution >= 4 is 15.7 Å². The van der Waals surface area contributed by atoms with Gasteiger partial charge in [-0.25, -0.2) is 13.1 Å². The van der Waals surface area contributed by atoms with Crippen LogP contribution in [0, 0.1) is 13.8 Å². The summed E-state index contributed by atoms with van der Waals surface area (Å²) in [6.07, 6.45) is 2.95. The van der Waals surface area contributed by atoms with Crippen molar-refractivity contribution in [2.24, 2.45) is 7.05 Å². The summed E-state index contributed by atoms with van der Waals surface area (Å²) >= 11 is 0. The van der Waals surface area contributed by atoms with Crippen LogP contribution in [0.1, 0.15) is 36.1 Å². The number of rotatable bonds is 6. The number of methoxy groups -OCH3 is 1. The van der Waals surface area contributed by atoms with Gasteiger partial charge < -0.3 is 10.1 Å². The third kappa shape index (κ3) is 3.96. The zero-order valence-corrected chi connectivity index (χ0v) is 17.3. The highest BCUT2D eigenvalue weighted by Crippen LogP contribution is 2.27. The Bertz CT molecular complexity index is 915. The third-order valence-corrected chi connectivity index (χ3v) is 7.11. The van der Waals surface area contributed by atoms with E-state index in [1.807, 2.05) is 33.0 Å². The molecule has 1 fully saturated rings. The van der Waals surface area contributed by atoms with Crippen molar-refractivity contribution in [3.8, 4) is 5.88 Å². The van der Waals surface area contributed by atoms with Gasteiger partial charge in [0.1, 0.15) is 0 Å². The average molecular weight is 393 g/mol. The van der Waals surface area contributed by atoms with Crippen LogP contribution in [0.15, 0.2) is 23.1 Å². The number of aryl methyl sites for hydroxylation is 3. The monoisotopic (exact) mass is 392 g/mol. The second kappa shape index (κ2) is 7.90. The first-order valence-electron chi connectivity index (χ1n) is 9.25. The summed E-state index contributed by atoms with van der Waals surface area (Å²) in [4.78, 5) is 0.379. The topological polar surface area (TPSA) is 76.5 Å². The van der Waals surface area contributed by atoms with Crippen LogP contribution in [0.25, 0.3) is 0 Å². The average Bonchev–Trinajstić information content (AvgIpc) is 2.94. The predicted octanol–water partition coefficient (Wildman–Crippen LogP) is 2.83. The Balaban J connectivity index is 1.84. The van der Waals surface area contributed by atoms with Gasteiger partial charge in [-0.05, 0) is 44.4 Å². The number of ether oxygens (including phenoxy) is 1. The Morgan fingerprint density at radius 2 is 1.89 bits per heavy atom. The minimum absolute atomic E-state index is 0.379. The van der Waals surface area contributed by atoms with Crippen LogP contribution in [0.4, 0.5) is 5.69 Å². The first-order valence-corrected chi connectivity index (χ1v) is 10.7. The third-order valence-electron chi connectivity index (χ3n) is 5.07. The summed E-state index contributed by atoms with van der Waals surface area (Å²) < 4.78 is 34.8. The van der Waals surface area contributed by atoms with Crippen molar-refractivity contribution in [1.82, 2.24) is 14.1 Å². The van der Waals surface area contributed by atoms with Crippen LogP contribution in [0.3, 0.4) is 0 Å². The normalized spacial score (nSPS) is 15.7. The van der Waals surface area contributed by atoms with E-state index in [0.29, 0.717) is 30.4 Å². The molecule has 0 radical (unpaired) electrons. The molecule has 2 aromatic rings. The van der Waals surface area contributed by atoms with Gasteiger partial charge in [0.15, 0.2) is 0 Å². The molecule has 27 heavy (non-hydrogen) atoms. The Kier molecular flexibility index (Phi) is 5.76. The second-order valence-electron chi connectivity index (χ2n) is 7.00. The summed E-state index contributed by atoms with van der Waals surface area (Å²) in [5.41, 5.74) is 3.37. The molecule has 1 N–H and O–H groups in total. The fourth-order valence-corrected chi connectivity index (χ4v) is 5.33. The van der Waals surface area contributed by atoms with E-state index in [-0.39, 0.29) is 0 Å². The van der Waals surface area contributed by atoms with Crippen LogP contribution in [-0.4, -0.2) is 42.7 Å². The Morgan fingerprint density at radius 3 is 2.56 bits per heavy atom. The number of nitrogens with one attached hydrogen (secondary N) is 1. The lowest BCUT2D eigenvalue weighted by Crippen LogP contribution is -2.36. The highest BCUT2D eigenvalue weighted by molar-refractivity contribution is 7.89. The fraction of sp³-hybridized carbons (Fsp3) is 0.526. The standard InChI is InChI=1S/C19H28N4O3S/c1-14-8-9-16(20-13-17-15(2)21-22(3)19(17)26-4)12-18(14)27(24,25)23-10-6-5-7-11-23/h8-9,12,20H,5-7,10-11,13H2,1-4H3. The lowest BCUT2D eigenvalue weighted by atomic mass is 10.2. The van der Waals surface area contributed by atoms with Crippen LogP contribution in [-0.2, 0) is 23.6 Å². The second-order valence-corrected chi connectivity index (χ2v) is 8.90. The van der Waals surface area contributed by atoms with Crippen molar-refractivity contribution < 1.29 is 13.2 Å². The van der Waals surface area contributed by atoms with Crippen LogP contribution in [0.5, 0.6) is 5.88 Å². The molecule has 2 heterocycles. The Labute approximate surface area is 161 Å². The van der Waals surface area contributed by atoms with E-state index in [1.165, 1.54) is 0 Å². The van der Waals surface area contributed by atoms with Crippen molar-refractivity contribution in [2.45, 2.75) is 44.6 Å². The van der Waals surface area contributed by atoms with Gasteiger partial charge in [-0.15, -0.1) is 0 Å². The number of hydrogen-bond donors (Lipinski definition) is 1. The Morgan fingerprint density at radius 1 is 1.19 bits per heavy atom. The molecule has 0 bridgehead atoms. The molecule has 0 atom stereocenters. The molecule has 1 aromatic heterocycles. The Hall–Kier alpha value is -2.06. The van der Waals surface area contributed by atoms with Crippen LogP contribution < -0.4 is 10.1 Å². The maximum Gasteiger partial charge on any atom is 0.243 e. The summed E-state index contributed by atoms with van der Waals surface area (Å²) in [5, 5.41) is 7.69. The molecular formula is C19H28N4O3S. The highest BCUT2D eigenvalue weighted by Gasteiger charge is 2.27. The summed E-state index contributed by atoms with van der Waals surface area (Å²) in [7, 11) is -0.00488. The quantitative estimate of drug-likeness (QED) is 0.818. The van der Waals surface area contributed by atoms with Crippen molar-refractivity contribution in [3.63, 3.8) is 0 Å². The van der Waals surface area contributed by atoms with Crippen LogP contribution in [0.2, 0.25) is 0 Å². The molecule has 148 valence electrons. The highest BCUT2D eigenvalue weighted by atomic mass is 32.2. The van der Waals surface area contributed by atoms with Crippen LogP contribution >= 0.6 is 0 Å². The van der Waals surface area contributed by atoms with Crippen molar-refractivity contribution in [3.05, 3.63) is 35.0 Å². The molecule has 0 aliphatic carbocycles. The minimum Gasteiger partial charge on any atom is -0.481 e. The number of benzene rings is 1. The molecule has 0 amide bonds. The van der Waals surface area contributed by atoms with E-state index < -0.39 is 10.0 Å². The molecule has 7 nitrogen and oxygen atoms in total. The van der Waals surface area contributed by atoms with Gasteiger partial charge in [-0.3, -0.25) is 0 Å². The number of sulfonamides is 1. The number of aromatic nitrogens is 2. The molecule has 8 heteroatoms. The van der Waals surface area contributed by atoms with E-state index in [9.17, 15) is 8.42 Å². The van der Waals surface area contributed by atoms with Gasteiger partial charge in [-0.1, -0.05) is 12.5 Å². The molecule has 1 saturated heterocycles. The summed E-state index contributed by atoms with van der Waals surface area (Å²) in [6.45, 7) is 5.49. The minimum atomic E-state index is -3.46. The molecule has 0 spiro atoms. The van der Waals surface area contributed by atoms with Crippen molar-refractivity contribution in [2.75, 3.05) is 25.5 Å². The van der Waals surface area contributed by atoms with Crippen molar-refractivity contribution in [1.29, 1.82) is 0 Å². The van der Waals surface area contributed by atoms with E-state index in [2.05, 4.69) is 10.4 Å². The van der Waals surface area contributed by atoms with E-state index in [1.54, 1.807) is 22.2 Å². The summed E-state index contributed by atoms with van der Waals surface area (Å²) in [5.74, 6) is 0.702. The lowest BCUT2D eigenvalue weighted by Gasteiger charge is -2.26. The van der Waals surface area contributed by atoms with E-state index in [0.717, 1.165) is 41.8 Å². The molecule has 1 aromatic carbocycles. The maximum absolute atomic E-state index is 13.1. The predicted molar refractivity (Wildman–Crippen MR) is 106 cm³/mol. The fourth-order valence-electron chi connectivity index (χ4n) is 3.56. The molecule has 3 rings (SSSR count). The molecular weight excluding hydrogens is 364 g/mol. The summed E-state index contributed by atoms with van der Waals surface area (Å²) in [6, 6.07) is 5.49. The SMILES string of the molecule is COc1c(CNc2ccc(C)c(S(=O)(=O)N3CCCCC3)c2)c(C)nn1C. The van der Waals surface area contributed by atoms with Gasteiger partial charge in [0, 0.05) is 32.4 Å².